The summed E-state index contributed by atoms with van der Waals surface area (Å²) in [6.07, 6.45) is 5.10. The highest BCUT2D eigenvalue weighted by Gasteiger charge is 2.39. The molecule has 1 aromatic rings. The summed E-state index contributed by atoms with van der Waals surface area (Å²) in [5, 5.41) is 0. The summed E-state index contributed by atoms with van der Waals surface area (Å²) in [5.74, 6) is 1.81. The minimum Gasteiger partial charge on any atom is -0.376 e. The SMILES string of the molecule is ClCC(CCl)(COCc1ccccc1)C1CCCC1. The Morgan fingerprint density at radius 1 is 1.05 bits per heavy atom. The zero-order valence-corrected chi connectivity index (χ0v) is 12.8. The fourth-order valence-corrected chi connectivity index (χ4v) is 3.81. The largest absolute Gasteiger partial charge is 0.376 e. The van der Waals surface area contributed by atoms with E-state index in [4.69, 9.17) is 27.9 Å². The molecule has 1 aliphatic rings. The van der Waals surface area contributed by atoms with Gasteiger partial charge in [-0.3, -0.25) is 0 Å². The zero-order chi connectivity index (χ0) is 13.6. The van der Waals surface area contributed by atoms with Crippen LogP contribution >= 0.6 is 23.2 Å². The number of hydrogen-bond acceptors (Lipinski definition) is 1. The molecule has 1 aromatic carbocycles. The molecule has 1 fully saturated rings. The van der Waals surface area contributed by atoms with E-state index in [1.807, 2.05) is 18.2 Å². The molecule has 1 saturated carbocycles. The van der Waals surface area contributed by atoms with Gasteiger partial charge in [0.15, 0.2) is 0 Å². The van der Waals surface area contributed by atoms with E-state index in [0.717, 1.165) is 0 Å². The number of alkyl halides is 2. The number of benzene rings is 1. The maximum Gasteiger partial charge on any atom is 0.0717 e. The van der Waals surface area contributed by atoms with E-state index in [9.17, 15) is 0 Å². The summed E-state index contributed by atoms with van der Waals surface area (Å²) < 4.78 is 5.91. The lowest BCUT2D eigenvalue weighted by atomic mass is 9.78. The topological polar surface area (TPSA) is 9.23 Å². The molecule has 0 aromatic heterocycles. The molecule has 0 unspecified atom stereocenters. The van der Waals surface area contributed by atoms with Gasteiger partial charge in [0.05, 0.1) is 13.2 Å². The first kappa shape index (κ1) is 15.2. The highest BCUT2D eigenvalue weighted by Crippen LogP contribution is 2.42. The third-order valence-corrected chi connectivity index (χ3v) is 5.32. The zero-order valence-electron chi connectivity index (χ0n) is 11.3. The highest BCUT2D eigenvalue weighted by atomic mass is 35.5. The molecule has 0 spiro atoms. The molecule has 19 heavy (non-hydrogen) atoms. The molecule has 3 heteroatoms. The first-order valence-electron chi connectivity index (χ1n) is 7.04. The van der Waals surface area contributed by atoms with Crippen LogP contribution in [0.3, 0.4) is 0 Å². The van der Waals surface area contributed by atoms with E-state index in [2.05, 4.69) is 12.1 Å². The Hall–Kier alpha value is -0.240. The van der Waals surface area contributed by atoms with Crippen molar-refractivity contribution >= 4 is 23.2 Å². The average molecular weight is 301 g/mol. The van der Waals surface area contributed by atoms with E-state index in [-0.39, 0.29) is 5.41 Å². The highest BCUT2D eigenvalue weighted by molar-refractivity contribution is 6.21. The van der Waals surface area contributed by atoms with Crippen molar-refractivity contribution in [1.82, 2.24) is 0 Å². The van der Waals surface area contributed by atoms with Gasteiger partial charge in [0, 0.05) is 17.2 Å². The summed E-state index contributed by atoms with van der Waals surface area (Å²) in [5.41, 5.74) is 1.15. The van der Waals surface area contributed by atoms with E-state index in [1.54, 1.807) is 0 Å². The predicted octanol–water partition coefficient (Wildman–Crippen LogP) is 4.86. The normalized spacial score (nSPS) is 16.9. The molecule has 0 radical (unpaired) electrons. The minimum atomic E-state index is -0.0472. The van der Waals surface area contributed by atoms with Crippen LogP contribution in [-0.2, 0) is 11.3 Å². The van der Waals surface area contributed by atoms with Crippen molar-refractivity contribution in [2.75, 3.05) is 18.4 Å². The van der Waals surface area contributed by atoms with Crippen LogP contribution < -0.4 is 0 Å². The third kappa shape index (κ3) is 3.87. The van der Waals surface area contributed by atoms with E-state index < -0.39 is 0 Å². The van der Waals surface area contributed by atoms with Crippen molar-refractivity contribution in [2.24, 2.45) is 11.3 Å². The summed E-state index contributed by atoms with van der Waals surface area (Å²) in [6, 6.07) is 10.2. The van der Waals surface area contributed by atoms with Crippen molar-refractivity contribution in [3.8, 4) is 0 Å². The van der Waals surface area contributed by atoms with Gasteiger partial charge in [-0.15, -0.1) is 23.2 Å². The van der Waals surface area contributed by atoms with Gasteiger partial charge in [-0.05, 0) is 24.3 Å². The van der Waals surface area contributed by atoms with Crippen LogP contribution in [0.15, 0.2) is 30.3 Å². The van der Waals surface area contributed by atoms with Crippen molar-refractivity contribution < 1.29 is 4.74 Å². The second kappa shape index (κ2) is 7.52. The maximum atomic E-state index is 6.22. The third-order valence-electron chi connectivity index (χ3n) is 4.25. The van der Waals surface area contributed by atoms with E-state index in [1.165, 1.54) is 31.2 Å². The van der Waals surface area contributed by atoms with Crippen LogP contribution in [0, 0.1) is 11.3 Å². The Morgan fingerprint density at radius 2 is 1.68 bits per heavy atom. The predicted molar refractivity (Wildman–Crippen MR) is 81.9 cm³/mol. The van der Waals surface area contributed by atoms with Gasteiger partial charge in [0.25, 0.3) is 0 Å². The molecule has 0 N–H and O–H groups in total. The fourth-order valence-electron chi connectivity index (χ4n) is 2.93. The molecule has 1 nitrogen and oxygen atoms in total. The molecule has 0 heterocycles. The minimum absolute atomic E-state index is 0.0472. The molecule has 0 atom stereocenters. The monoisotopic (exact) mass is 300 g/mol. The molecule has 106 valence electrons. The molecule has 1 aliphatic carbocycles. The van der Waals surface area contributed by atoms with Crippen LogP contribution in [0.25, 0.3) is 0 Å². The van der Waals surface area contributed by atoms with Crippen molar-refractivity contribution in [3.05, 3.63) is 35.9 Å². The average Bonchev–Trinajstić information content (AvgIpc) is 3.00. The Balaban J connectivity index is 1.89. The Bertz CT molecular complexity index is 356. The molecule has 0 amide bonds. The van der Waals surface area contributed by atoms with Crippen LogP contribution in [0.5, 0.6) is 0 Å². The van der Waals surface area contributed by atoms with Crippen LogP contribution in [0.2, 0.25) is 0 Å². The lowest BCUT2D eigenvalue weighted by molar-refractivity contribution is 0.0249. The quantitative estimate of drug-likeness (QED) is 0.654. The Morgan fingerprint density at radius 3 is 2.26 bits per heavy atom. The van der Waals surface area contributed by atoms with Crippen molar-refractivity contribution in [3.63, 3.8) is 0 Å². The molecule has 0 bridgehead atoms. The lowest BCUT2D eigenvalue weighted by Gasteiger charge is -2.35. The number of rotatable bonds is 7. The van der Waals surface area contributed by atoms with Crippen LogP contribution in [0.1, 0.15) is 31.2 Å². The number of halogens is 2. The van der Waals surface area contributed by atoms with Gasteiger partial charge < -0.3 is 4.74 Å². The van der Waals surface area contributed by atoms with E-state index in [0.29, 0.717) is 30.9 Å². The summed E-state index contributed by atoms with van der Waals surface area (Å²) in [6.45, 7) is 1.31. The summed E-state index contributed by atoms with van der Waals surface area (Å²) in [7, 11) is 0. The summed E-state index contributed by atoms with van der Waals surface area (Å²) >= 11 is 12.4. The number of hydrogen-bond donors (Lipinski definition) is 0. The lowest BCUT2D eigenvalue weighted by Crippen LogP contribution is -2.38. The van der Waals surface area contributed by atoms with Gasteiger partial charge in [0.1, 0.15) is 0 Å². The first-order chi connectivity index (χ1) is 9.30. The van der Waals surface area contributed by atoms with Gasteiger partial charge in [-0.25, -0.2) is 0 Å². The standard InChI is InChI=1S/C16H22Cl2O/c17-11-16(12-18,15-8-4-5-9-15)13-19-10-14-6-2-1-3-7-14/h1-3,6-7,15H,4-5,8-13H2. The van der Waals surface area contributed by atoms with Gasteiger partial charge >= 0.3 is 0 Å². The molecular formula is C16H22Cl2O. The van der Waals surface area contributed by atoms with Crippen molar-refractivity contribution in [2.45, 2.75) is 32.3 Å². The second-order valence-corrected chi connectivity index (χ2v) is 6.12. The summed E-state index contributed by atoms with van der Waals surface area (Å²) in [4.78, 5) is 0. The van der Waals surface area contributed by atoms with Crippen molar-refractivity contribution in [1.29, 1.82) is 0 Å². The number of ether oxygens (including phenoxy) is 1. The van der Waals surface area contributed by atoms with Gasteiger partial charge in [-0.2, -0.15) is 0 Å². The maximum absolute atomic E-state index is 6.22. The Labute approximate surface area is 126 Å². The molecule has 2 rings (SSSR count). The van der Waals surface area contributed by atoms with Gasteiger partial charge in [-0.1, -0.05) is 43.2 Å². The first-order valence-corrected chi connectivity index (χ1v) is 8.11. The Kier molecular flexibility index (Phi) is 6.00. The van der Waals surface area contributed by atoms with Crippen LogP contribution in [0.4, 0.5) is 0 Å². The second-order valence-electron chi connectivity index (χ2n) is 5.59. The molecule has 0 aliphatic heterocycles. The molecular weight excluding hydrogens is 279 g/mol. The van der Waals surface area contributed by atoms with E-state index >= 15 is 0 Å². The smallest absolute Gasteiger partial charge is 0.0717 e. The fraction of sp³-hybridized carbons (Fsp3) is 0.625. The van der Waals surface area contributed by atoms with Gasteiger partial charge in [0.2, 0.25) is 0 Å². The van der Waals surface area contributed by atoms with Crippen LogP contribution in [-0.4, -0.2) is 18.4 Å². The molecule has 0 saturated heterocycles.